The van der Waals surface area contributed by atoms with E-state index in [4.69, 9.17) is 4.74 Å². The molecule has 0 spiro atoms. The van der Waals surface area contributed by atoms with Gasteiger partial charge in [-0.15, -0.1) is 0 Å². The zero-order valence-electron chi connectivity index (χ0n) is 14.4. The molecule has 0 bridgehead atoms. The number of rotatable bonds is 5. The minimum Gasteiger partial charge on any atom is -0.393 e. The Morgan fingerprint density at radius 2 is 2.12 bits per heavy atom. The molecule has 1 aliphatic heterocycles. The van der Waals surface area contributed by atoms with Gasteiger partial charge < -0.3 is 15.2 Å². The Balaban J connectivity index is 1.52. The molecule has 5 nitrogen and oxygen atoms in total. The van der Waals surface area contributed by atoms with Crippen molar-refractivity contribution in [3.05, 3.63) is 35.4 Å². The summed E-state index contributed by atoms with van der Waals surface area (Å²) in [6.07, 6.45) is 2.70. The maximum absolute atomic E-state index is 12.3. The summed E-state index contributed by atoms with van der Waals surface area (Å²) >= 11 is 0. The molecule has 1 aliphatic carbocycles. The number of benzene rings is 1. The van der Waals surface area contributed by atoms with Gasteiger partial charge in [0.2, 0.25) is 5.91 Å². The lowest BCUT2D eigenvalue weighted by Gasteiger charge is -2.39. The molecule has 24 heavy (non-hydrogen) atoms. The fourth-order valence-corrected chi connectivity index (χ4v) is 3.81. The third-order valence-electron chi connectivity index (χ3n) is 5.26. The van der Waals surface area contributed by atoms with Gasteiger partial charge in [0.1, 0.15) is 0 Å². The molecule has 132 valence electrons. The van der Waals surface area contributed by atoms with Crippen LogP contribution in [0.5, 0.6) is 0 Å². The number of aryl methyl sites for hydroxylation is 1. The summed E-state index contributed by atoms with van der Waals surface area (Å²) in [5.41, 5.74) is 2.33. The fourth-order valence-electron chi connectivity index (χ4n) is 3.81. The lowest BCUT2D eigenvalue weighted by atomic mass is 9.94. The molecule has 0 aromatic heterocycles. The van der Waals surface area contributed by atoms with Gasteiger partial charge in [-0.05, 0) is 25.3 Å². The summed E-state index contributed by atoms with van der Waals surface area (Å²) in [4.78, 5) is 14.5. The Morgan fingerprint density at radius 1 is 1.33 bits per heavy atom. The van der Waals surface area contributed by atoms with E-state index in [1.807, 2.05) is 12.1 Å². The van der Waals surface area contributed by atoms with Gasteiger partial charge in [-0.25, -0.2) is 0 Å². The van der Waals surface area contributed by atoms with Crippen LogP contribution in [-0.2, 0) is 16.1 Å². The number of carbonyl (C=O) groups is 1. The molecule has 2 N–H and O–H groups in total. The molecular weight excluding hydrogens is 304 g/mol. The van der Waals surface area contributed by atoms with Crippen molar-refractivity contribution in [2.75, 3.05) is 26.3 Å². The Bertz CT molecular complexity index is 546. The van der Waals surface area contributed by atoms with Crippen LogP contribution in [0.4, 0.5) is 0 Å². The SMILES string of the molecule is Cc1ccc(CNC(=O)CN2CCOC[C@@H]2[C@H]2CCC[C@@H]2O)cc1. The molecule has 1 aromatic carbocycles. The lowest BCUT2D eigenvalue weighted by Crippen LogP contribution is -2.53. The first-order valence-electron chi connectivity index (χ1n) is 8.95. The minimum atomic E-state index is -0.255. The van der Waals surface area contributed by atoms with E-state index in [1.54, 1.807) is 0 Å². The van der Waals surface area contributed by atoms with E-state index in [0.29, 0.717) is 26.3 Å². The average Bonchev–Trinajstić information content (AvgIpc) is 3.01. The van der Waals surface area contributed by atoms with Gasteiger partial charge in [0.15, 0.2) is 0 Å². The van der Waals surface area contributed by atoms with E-state index >= 15 is 0 Å². The number of ether oxygens (including phenoxy) is 1. The number of hydrogen-bond donors (Lipinski definition) is 2. The number of nitrogens with one attached hydrogen (secondary N) is 1. The monoisotopic (exact) mass is 332 g/mol. The molecule has 0 unspecified atom stereocenters. The Morgan fingerprint density at radius 3 is 2.83 bits per heavy atom. The zero-order valence-corrected chi connectivity index (χ0v) is 14.4. The summed E-state index contributed by atoms with van der Waals surface area (Å²) in [6.45, 7) is 5.02. The molecule has 2 fully saturated rings. The van der Waals surface area contributed by atoms with Crippen molar-refractivity contribution < 1.29 is 14.6 Å². The molecule has 1 amide bonds. The predicted molar refractivity (Wildman–Crippen MR) is 92.6 cm³/mol. The standard InChI is InChI=1S/C19H28N2O3/c1-14-5-7-15(8-6-14)11-20-19(23)12-21-9-10-24-13-17(21)16-3-2-4-18(16)22/h5-8,16-18,22H,2-4,9-13H2,1H3,(H,20,23)/t16-,17-,18+/m1/s1. The molecular formula is C19H28N2O3. The third kappa shape index (κ3) is 4.35. The van der Waals surface area contributed by atoms with Crippen molar-refractivity contribution in [3.63, 3.8) is 0 Å². The van der Waals surface area contributed by atoms with Gasteiger partial charge in [0, 0.05) is 25.0 Å². The molecule has 2 aliphatic rings. The van der Waals surface area contributed by atoms with Crippen LogP contribution in [0.25, 0.3) is 0 Å². The van der Waals surface area contributed by atoms with Gasteiger partial charge in [0.25, 0.3) is 0 Å². The largest absolute Gasteiger partial charge is 0.393 e. The van der Waals surface area contributed by atoms with Crippen molar-refractivity contribution in [1.82, 2.24) is 10.2 Å². The van der Waals surface area contributed by atoms with Gasteiger partial charge in [0.05, 0.1) is 25.9 Å². The first kappa shape index (κ1) is 17.4. The summed E-state index contributed by atoms with van der Waals surface area (Å²) in [5.74, 6) is 0.269. The van der Waals surface area contributed by atoms with Gasteiger partial charge in [-0.3, -0.25) is 9.69 Å². The van der Waals surface area contributed by atoms with Crippen LogP contribution >= 0.6 is 0 Å². The van der Waals surface area contributed by atoms with Crippen LogP contribution in [0.2, 0.25) is 0 Å². The van der Waals surface area contributed by atoms with Crippen molar-refractivity contribution in [2.24, 2.45) is 5.92 Å². The van der Waals surface area contributed by atoms with Crippen LogP contribution in [0, 0.1) is 12.8 Å². The number of aliphatic hydroxyl groups is 1. The normalized spacial score (nSPS) is 28.0. The molecule has 1 saturated carbocycles. The van der Waals surface area contributed by atoms with Crippen molar-refractivity contribution in [3.8, 4) is 0 Å². The van der Waals surface area contributed by atoms with Crippen LogP contribution in [0.3, 0.4) is 0 Å². The first-order chi connectivity index (χ1) is 11.6. The molecule has 1 heterocycles. The molecule has 0 radical (unpaired) electrons. The van der Waals surface area contributed by atoms with Crippen LogP contribution in [-0.4, -0.2) is 54.4 Å². The number of nitrogens with zero attached hydrogens (tertiary/aromatic N) is 1. The highest BCUT2D eigenvalue weighted by Crippen LogP contribution is 2.32. The summed E-state index contributed by atoms with van der Waals surface area (Å²) in [5, 5.41) is 13.2. The Kier molecular flexibility index (Phi) is 5.87. The third-order valence-corrected chi connectivity index (χ3v) is 5.26. The van der Waals surface area contributed by atoms with Crippen LogP contribution < -0.4 is 5.32 Å². The average molecular weight is 332 g/mol. The number of amides is 1. The van der Waals surface area contributed by atoms with Crippen molar-refractivity contribution in [1.29, 1.82) is 0 Å². The maximum atomic E-state index is 12.3. The molecule has 3 rings (SSSR count). The van der Waals surface area contributed by atoms with Crippen LogP contribution in [0.15, 0.2) is 24.3 Å². The Hall–Kier alpha value is -1.43. The highest BCUT2D eigenvalue weighted by atomic mass is 16.5. The quantitative estimate of drug-likeness (QED) is 0.857. The second-order valence-corrected chi connectivity index (χ2v) is 7.04. The Labute approximate surface area is 144 Å². The van der Waals surface area contributed by atoms with E-state index in [1.165, 1.54) is 5.56 Å². The van der Waals surface area contributed by atoms with E-state index in [0.717, 1.165) is 31.4 Å². The summed E-state index contributed by atoms with van der Waals surface area (Å²) in [7, 11) is 0. The first-order valence-corrected chi connectivity index (χ1v) is 8.95. The van der Waals surface area contributed by atoms with E-state index in [9.17, 15) is 9.90 Å². The van der Waals surface area contributed by atoms with Crippen molar-refractivity contribution >= 4 is 5.91 Å². The summed E-state index contributed by atoms with van der Waals surface area (Å²) in [6, 6.07) is 8.35. The minimum absolute atomic E-state index is 0.0370. The number of carbonyl (C=O) groups excluding carboxylic acids is 1. The van der Waals surface area contributed by atoms with E-state index < -0.39 is 0 Å². The number of aliphatic hydroxyl groups excluding tert-OH is 1. The topological polar surface area (TPSA) is 61.8 Å². The van der Waals surface area contributed by atoms with Gasteiger partial charge in [-0.2, -0.15) is 0 Å². The smallest absolute Gasteiger partial charge is 0.234 e. The highest BCUT2D eigenvalue weighted by molar-refractivity contribution is 5.78. The van der Waals surface area contributed by atoms with Crippen molar-refractivity contribution in [2.45, 2.75) is 44.9 Å². The molecule has 1 saturated heterocycles. The number of hydrogen-bond acceptors (Lipinski definition) is 4. The second-order valence-electron chi connectivity index (χ2n) is 7.04. The maximum Gasteiger partial charge on any atom is 0.234 e. The van der Waals surface area contributed by atoms with E-state index in [2.05, 4.69) is 29.3 Å². The summed E-state index contributed by atoms with van der Waals surface area (Å²) < 4.78 is 5.61. The highest BCUT2D eigenvalue weighted by Gasteiger charge is 2.38. The molecule has 3 atom stereocenters. The number of morpholine rings is 1. The zero-order chi connectivity index (χ0) is 16.9. The van der Waals surface area contributed by atoms with Gasteiger partial charge >= 0.3 is 0 Å². The van der Waals surface area contributed by atoms with Gasteiger partial charge in [-0.1, -0.05) is 36.2 Å². The lowest BCUT2D eigenvalue weighted by molar-refractivity contribution is -0.126. The fraction of sp³-hybridized carbons (Fsp3) is 0.632. The molecule has 1 aromatic rings. The second kappa shape index (κ2) is 8.10. The van der Waals surface area contributed by atoms with E-state index in [-0.39, 0.29) is 24.0 Å². The molecule has 5 heteroatoms. The van der Waals surface area contributed by atoms with Crippen LogP contribution in [0.1, 0.15) is 30.4 Å². The predicted octanol–water partition coefficient (Wildman–Crippen LogP) is 1.47.